The Morgan fingerprint density at radius 3 is 2.71 bits per heavy atom. The van der Waals surface area contributed by atoms with Gasteiger partial charge in [-0.15, -0.1) is 0 Å². The highest BCUT2D eigenvalue weighted by Crippen LogP contribution is 2.26. The number of nitrogens with two attached hydrogens (primary N) is 1. The molecular formula is C15H15BrClN3O. The van der Waals surface area contributed by atoms with Crippen LogP contribution in [0.15, 0.2) is 46.9 Å². The maximum Gasteiger partial charge on any atom is 0.323 e. The molecule has 0 saturated carbocycles. The number of anilines is 2. The van der Waals surface area contributed by atoms with Crippen molar-refractivity contribution in [2.45, 2.75) is 13.0 Å². The molecule has 0 spiro atoms. The van der Waals surface area contributed by atoms with Crippen molar-refractivity contribution in [2.75, 3.05) is 10.6 Å². The van der Waals surface area contributed by atoms with Crippen LogP contribution in [0.25, 0.3) is 0 Å². The Balaban J connectivity index is 2.08. The number of carbonyl (C=O) groups is 1. The van der Waals surface area contributed by atoms with Gasteiger partial charge in [-0.25, -0.2) is 4.79 Å². The molecule has 1 atom stereocenters. The number of benzene rings is 2. The zero-order valence-corrected chi connectivity index (χ0v) is 13.7. The third-order valence-corrected chi connectivity index (χ3v) is 3.77. The lowest BCUT2D eigenvalue weighted by Crippen LogP contribution is -2.20. The first-order valence-electron chi connectivity index (χ1n) is 6.34. The molecule has 4 N–H and O–H groups in total. The third kappa shape index (κ3) is 4.46. The molecule has 0 saturated heterocycles. The predicted octanol–water partition coefficient (Wildman–Crippen LogP) is 4.77. The number of amides is 2. The summed E-state index contributed by atoms with van der Waals surface area (Å²) in [6.45, 7) is 1.89. The summed E-state index contributed by atoms with van der Waals surface area (Å²) in [6.07, 6.45) is 0. The zero-order valence-electron chi connectivity index (χ0n) is 11.4. The number of hydrogen-bond donors (Lipinski definition) is 3. The smallest absolute Gasteiger partial charge is 0.323 e. The summed E-state index contributed by atoms with van der Waals surface area (Å²) in [4.78, 5) is 12.0. The van der Waals surface area contributed by atoms with Gasteiger partial charge in [0.25, 0.3) is 0 Å². The molecule has 2 rings (SSSR count). The molecule has 0 heterocycles. The molecule has 1 unspecified atom stereocenters. The Morgan fingerprint density at radius 2 is 2.00 bits per heavy atom. The van der Waals surface area contributed by atoms with Crippen molar-refractivity contribution in [1.82, 2.24) is 0 Å². The third-order valence-electron chi connectivity index (χ3n) is 2.85. The van der Waals surface area contributed by atoms with Gasteiger partial charge in [-0.3, -0.25) is 0 Å². The van der Waals surface area contributed by atoms with Crippen molar-refractivity contribution in [2.24, 2.45) is 5.73 Å². The standard InChI is InChI=1S/C15H15BrClN3O/c1-9(18)10-3-2-4-12(7-10)19-15(21)20-14-8-11(17)5-6-13(14)16/h2-9H,18H2,1H3,(H2,19,20,21). The summed E-state index contributed by atoms with van der Waals surface area (Å²) in [5.74, 6) is 0. The maximum absolute atomic E-state index is 12.0. The van der Waals surface area contributed by atoms with Gasteiger partial charge in [0.15, 0.2) is 0 Å². The topological polar surface area (TPSA) is 67.1 Å². The van der Waals surface area contributed by atoms with Gasteiger partial charge >= 0.3 is 6.03 Å². The largest absolute Gasteiger partial charge is 0.324 e. The van der Waals surface area contributed by atoms with Crippen molar-refractivity contribution in [3.05, 3.63) is 57.5 Å². The van der Waals surface area contributed by atoms with Crippen LogP contribution in [0, 0.1) is 0 Å². The van der Waals surface area contributed by atoms with Crippen LogP contribution in [-0.4, -0.2) is 6.03 Å². The first-order chi connectivity index (χ1) is 9.95. The van der Waals surface area contributed by atoms with Crippen LogP contribution >= 0.6 is 27.5 Å². The van der Waals surface area contributed by atoms with Crippen molar-refractivity contribution < 1.29 is 4.79 Å². The quantitative estimate of drug-likeness (QED) is 0.730. The molecule has 0 aliphatic carbocycles. The Morgan fingerprint density at radius 1 is 1.24 bits per heavy atom. The van der Waals surface area contributed by atoms with E-state index in [1.807, 2.05) is 25.1 Å². The monoisotopic (exact) mass is 367 g/mol. The molecule has 0 aliphatic rings. The lowest BCUT2D eigenvalue weighted by atomic mass is 10.1. The molecule has 0 radical (unpaired) electrons. The summed E-state index contributed by atoms with van der Waals surface area (Å²) in [5.41, 5.74) is 8.06. The molecule has 0 fully saturated rings. The van der Waals surface area contributed by atoms with Gasteiger partial charge in [-0.1, -0.05) is 23.7 Å². The Bertz CT molecular complexity index is 661. The van der Waals surface area contributed by atoms with E-state index in [2.05, 4.69) is 26.6 Å². The Kier molecular flexibility index (Phi) is 5.22. The van der Waals surface area contributed by atoms with Crippen molar-refractivity contribution in [1.29, 1.82) is 0 Å². The normalized spacial score (nSPS) is 11.8. The van der Waals surface area contributed by atoms with E-state index < -0.39 is 0 Å². The van der Waals surface area contributed by atoms with E-state index >= 15 is 0 Å². The molecule has 4 nitrogen and oxygen atoms in total. The first-order valence-corrected chi connectivity index (χ1v) is 7.51. The molecule has 110 valence electrons. The second-order valence-corrected chi connectivity index (χ2v) is 5.91. The second kappa shape index (κ2) is 6.93. The minimum atomic E-state index is -0.347. The van der Waals surface area contributed by atoms with Crippen LogP contribution in [0.4, 0.5) is 16.2 Å². The summed E-state index contributed by atoms with van der Waals surface area (Å²) in [6, 6.07) is 12.2. The molecule has 0 aliphatic heterocycles. The SMILES string of the molecule is CC(N)c1cccc(NC(=O)Nc2cc(Cl)ccc2Br)c1. The maximum atomic E-state index is 12.0. The number of rotatable bonds is 3. The van der Waals surface area contributed by atoms with E-state index in [0.717, 1.165) is 10.0 Å². The molecule has 21 heavy (non-hydrogen) atoms. The lowest BCUT2D eigenvalue weighted by molar-refractivity contribution is 0.262. The van der Waals surface area contributed by atoms with Gasteiger partial charge in [0.2, 0.25) is 0 Å². The number of hydrogen-bond acceptors (Lipinski definition) is 2. The summed E-state index contributed by atoms with van der Waals surface area (Å²) in [7, 11) is 0. The average molecular weight is 369 g/mol. The fraction of sp³-hybridized carbons (Fsp3) is 0.133. The van der Waals surface area contributed by atoms with Gasteiger partial charge in [-0.05, 0) is 58.7 Å². The van der Waals surface area contributed by atoms with E-state index in [9.17, 15) is 4.79 Å². The Labute approximate surface area is 136 Å². The van der Waals surface area contributed by atoms with Gasteiger partial charge in [0, 0.05) is 21.2 Å². The second-order valence-electron chi connectivity index (χ2n) is 4.62. The van der Waals surface area contributed by atoms with E-state index in [1.165, 1.54) is 0 Å². The molecule has 6 heteroatoms. The molecule has 0 aromatic heterocycles. The van der Waals surface area contributed by atoms with E-state index in [0.29, 0.717) is 16.4 Å². The van der Waals surface area contributed by atoms with Gasteiger partial charge in [0.05, 0.1) is 5.69 Å². The van der Waals surface area contributed by atoms with Gasteiger partial charge < -0.3 is 16.4 Å². The number of nitrogens with one attached hydrogen (secondary N) is 2. The van der Waals surface area contributed by atoms with Crippen LogP contribution in [0.3, 0.4) is 0 Å². The predicted molar refractivity (Wildman–Crippen MR) is 90.8 cm³/mol. The Hall–Kier alpha value is -1.56. The van der Waals surface area contributed by atoms with Crippen molar-refractivity contribution >= 4 is 44.9 Å². The van der Waals surface area contributed by atoms with E-state index in [-0.39, 0.29) is 12.1 Å². The fourth-order valence-electron chi connectivity index (χ4n) is 1.78. The number of halogens is 2. The zero-order chi connectivity index (χ0) is 15.4. The molecule has 2 amide bonds. The summed E-state index contributed by atoms with van der Waals surface area (Å²) >= 11 is 9.27. The van der Waals surface area contributed by atoms with Gasteiger partial charge in [-0.2, -0.15) is 0 Å². The van der Waals surface area contributed by atoms with E-state index in [1.54, 1.807) is 24.3 Å². The first kappa shape index (κ1) is 15.8. The highest BCUT2D eigenvalue weighted by molar-refractivity contribution is 9.10. The highest BCUT2D eigenvalue weighted by atomic mass is 79.9. The summed E-state index contributed by atoms with van der Waals surface area (Å²) < 4.78 is 0.756. The molecule has 2 aromatic rings. The highest BCUT2D eigenvalue weighted by Gasteiger charge is 2.07. The number of urea groups is 1. The van der Waals surface area contributed by atoms with Gasteiger partial charge in [0.1, 0.15) is 0 Å². The van der Waals surface area contributed by atoms with Crippen LogP contribution in [0.1, 0.15) is 18.5 Å². The minimum absolute atomic E-state index is 0.0862. The van der Waals surface area contributed by atoms with Crippen molar-refractivity contribution in [3.8, 4) is 0 Å². The number of carbonyl (C=O) groups excluding carboxylic acids is 1. The lowest BCUT2D eigenvalue weighted by Gasteiger charge is -2.11. The van der Waals surface area contributed by atoms with Crippen LogP contribution in [0.2, 0.25) is 5.02 Å². The van der Waals surface area contributed by atoms with Crippen LogP contribution in [0.5, 0.6) is 0 Å². The molecule has 2 aromatic carbocycles. The average Bonchev–Trinajstić information content (AvgIpc) is 2.43. The van der Waals surface area contributed by atoms with Crippen LogP contribution < -0.4 is 16.4 Å². The van der Waals surface area contributed by atoms with E-state index in [4.69, 9.17) is 17.3 Å². The van der Waals surface area contributed by atoms with Crippen LogP contribution in [-0.2, 0) is 0 Å². The fourth-order valence-corrected chi connectivity index (χ4v) is 2.30. The molecular weight excluding hydrogens is 354 g/mol. The minimum Gasteiger partial charge on any atom is -0.324 e. The molecule has 0 bridgehead atoms. The summed E-state index contributed by atoms with van der Waals surface area (Å²) in [5, 5.41) is 6.05. The van der Waals surface area contributed by atoms with Crippen molar-refractivity contribution in [3.63, 3.8) is 0 Å².